The largest absolute Gasteiger partial charge is 0.501 e. The molecule has 0 aliphatic rings. The van der Waals surface area contributed by atoms with Gasteiger partial charge in [-0.3, -0.25) is 0 Å². The highest BCUT2D eigenvalue weighted by molar-refractivity contribution is 5.69. The summed E-state index contributed by atoms with van der Waals surface area (Å²) in [6.45, 7) is 6.01. The van der Waals surface area contributed by atoms with Gasteiger partial charge in [-0.15, -0.1) is 0 Å². The van der Waals surface area contributed by atoms with Gasteiger partial charge in [0, 0.05) is 0 Å². The summed E-state index contributed by atoms with van der Waals surface area (Å²) in [6.07, 6.45) is 0. The van der Waals surface area contributed by atoms with Gasteiger partial charge in [-0.05, 0) is 26.3 Å². The van der Waals surface area contributed by atoms with Crippen molar-refractivity contribution in [3.05, 3.63) is 11.3 Å². The van der Waals surface area contributed by atoms with Crippen LogP contribution in [0.2, 0.25) is 0 Å². The van der Waals surface area contributed by atoms with Crippen molar-refractivity contribution in [2.24, 2.45) is 11.5 Å². The summed E-state index contributed by atoms with van der Waals surface area (Å²) in [5.41, 5.74) is 9.74. The Balaban J connectivity index is 0. The number of primary amides is 2. The molecule has 0 spiro atoms. The first-order chi connectivity index (χ1) is 4.91. The fraction of sp³-hybridized carbons (Fsp3) is 0.571. The van der Waals surface area contributed by atoms with Gasteiger partial charge in [0.05, 0.1) is 12.9 Å². The van der Waals surface area contributed by atoms with E-state index in [4.69, 9.17) is 9.53 Å². The van der Waals surface area contributed by atoms with Gasteiger partial charge >= 0.3 is 6.03 Å². The first kappa shape index (κ1) is 12.5. The van der Waals surface area contributed by atoms with E-state index >= 15 is 0 Å². The van der Waals surface area contributed by atoms with E-state index < -0.39 is 6.03 Å². The summed E-state index contributed by atoms with van der Waals surface area (Å²) in [4.78, 5) is 9.00. The Morgan fingerprint density at radius 1 is 1.18 bits per heavy atom. The molecule has 0 rings (SSSR count). The molecule has 2 amide bonds. The molecule has 0 aromatic rings. The molecular weight excluding hydrogens is 144 g/mol. The van der Waals surface area contributed by atoms with Crippen LogP contribution < -0.4 is 11.5 Å². The first-order valence-electron chi connectivity index (χ1n) is 3.14. The van der Waals surface area contributed by atoms with Crippen molar-refractivity contribution >= 4 is 6.03 Å². The molecule has 0 atom stereocenters. The first-order valence-corrected chi connectivity index (χ1v) is 3.14. The van der Waals surface area contributed by atoms with Gasteiger partial charge in [0.2, 0.25) is 0 Å². The van der Waals surface area contributed by atoms with E-state index in [0.29, 0.717) is 0 Å². The molecule has 0 aliphatic heterocycles. The van der Waals surface area contributed by atoms with E-state index in [1.54, 1.807) is 7.11 Å². The predicted octanol–water partition coefficient (Wildman–Crippen LogP) is 0.970. The van der Waals surface area contributed by atoms with Crippen LogP contribution in [0.5, 0.6) is 0 Å². The molecular formula is C7H16N2O2. The van der Waals surface area contributed by atoms with E-state index in [9.17, 15) is 0 Å². The second kappa shape index (κ2) is 6.92. The number of carbonyl (C=O) groups excluding carboxylic acids is 1. The van der Waals surface area contributed by atoms with Crippen LogP contribution in [0.3, 0.4) is 0 Å². The Bertz CT molecular complexity index is 145. The van der Waals surface area contributed by atoms with Crippen molar-refractivity contribution < 1.29 is 9.53 Å². The van der Waals surface area contributed by atoms with E-state index in [0.717, 1.165) is 5.76 Å². The molecule has 0 aliphatic carbocycles. The zero-order valence-corrected chi connectivity index (χ0v) is 7.47. The summed E-state index contributed by atoms with van der Waals surface area (Å²) in [5, 5.41) is 0. The second-order valence-electron chi connectivity index (χ2n) is 2.16. The van der Waals surface area contributed by atoms with E-state index in [1.807, 2.05) is 20.8 Å². The molecule has 66 valence electrons. The number of nitrogens with two attached hydrogens (primary N) is 2. The van der Waals surface area contributed by atoms with Gasteiger partial charge in [-0.25, -0.2) is 4.79 Å². The number of allylic oxidation sites excluding steroid dienone is 2. The number of ether oxygens (including phenoxy) is 1. The highest BCUT2D eigenvalue weighted by Gasteiger charge is 1.83. The van der Waals surface area contributed by atoms with Crippen LogP contribution in [-0.4, -0.2) is 13.1 Å². The Morgan fingerprint density at radius 2 is 1.45 bits per heavy atom. The summed E-state index contributed by atoms with van der Waals surface area (Å²) < 4.78 is 4.89. The molecule has 4 N–H and O–H groups in total. The minimum Gasteiger partial charge on any atom is -0.501 e. The van der Waals surface area contributed by atoms with E-state index in [2.05, 4.69) is 11.5 Å². The molecule has 0 aromatic heterocycles. The van der Waals surface area contributed by atoms with Crippen molar-refractivity contribution in [2.75, 3.05) is 7.11 Å². The maximum atomic E-state index is 9.00. The summed E-state index contributed by atoms with van der Waals surface area (Å²) >= 11 is 0. The lowest BCUT2D eigenvalue weighted by Crippen LogP contribution is -2.18. The van der Waals surface area contributed by atoms with Crippen molar-refractivity contribution in [3.63, 3.8) is 0 Å². The summed E-state index contributed by atoms with van der Waals surface area (Å²) in [5.74, 6) is 1.01. The monoisotopic (exact) mass is 160 g/mol. The lowest BCUT2D eigenvalue weighted by molar-refractivity contribution is 0.256. The Hall–Kier alpha value is -1.19. The minimum atomic E-state index is -0.833. The molecule has 0 aromatic carbocycles. The van der Waals surface area contributed by atoms with Gasteiger partial charge in [-0.1, -0.05) is 0 Å². The topological polar surface area (TPSA) is 78.3 Å². The lowest BCUT2D eigenvalue weighted by atomic mass is 10.3. The van der Waals surface area contributed by atoms with Crippen molar-refractivity contribution in [2.45, 2.75) is 20.8 Å². The number of rotatable bonds is 1. The fourth-order valence-corrected chi connectivity index (χ4v) is 0.204. The van der Waals surface area contributed by atoms with Gasteiger partial charge < -0.3 is 16.2 Å². The average Bonchev–Trinajstić information content (AvgIpc) is 1.85. The van der Waals surface area contributed by atoms with Crippen LogP contribution in [-0.2, 0) is 4.74 Å². The zero-order valence-electron chi connectivity index (χ0n) is 7.47. The molecule has 4 nitrogen and oxygen atoms in total. The third-order valence-electron chi connectivity index (χ3n) is 1.01. The highest BCUT2D eigenvalue weighted by atomic mass is 16.5. The third-order valence-corrected chi connectivity index (χ3v) is 1.01. The van der Waals surface area contributed by atoms with E-state index in [1.165, 1.54) is 5.57 Å². The van der Waals surface area contributed by atoms with Crippen LogP contribution in [0.15, 0.2) is 11.3 Å². The van der Waals surface area contributed by atoms with Gasteiger partial charge in [0.1, 0.15) is 0 Å². The second-order valence-corrected chi connectivity index (χ2v) is 2.16. The van der Waals surface area contributed by atoms with Gasteiger partial charge in [-0.2, -0.15) is 0 Å². The van der Waals surface area contributed by atoms with Crippen LogP contribution in [0, 0.1) is 0 Å². The normalized spacial score (nSPS) is 7.27. The van der Waals surface area contributed by atoms with Gasteiger partial charge in [0.15, 0.2) is 0 Å². The third kappa shape index (κ3) is 17.7. The maximum absolute atomic E-state index is 9.00. The standard InChI is InChI=1S/C6H12O.CH4N2O/c1-5(2)6(3)7-4;2-1(3)4/h1-4H3;(H4,2,3,4). The minimum absolute atomic E-state index is 0.833. The fourth-order valence-electron chi connectivity index (χ4n) is 0.204. The van der Waals surface area contributed by atoms with Crippen molar-refractivity contribution in [1.29, 1.82) is 0 Å². The Morgan fingerprint density at radius 3 is 1.45 bits per heavy atom. The molecule has 0 bridgehead atoms. The van der Waals surface area contributed by atoms with E-state index in [-0.39, 0.29) is 0 Å². The Labute approximate surface area is 67.2 Å². The molecule has 0 unspecified atom stereocenters. The van der Waals surface area contributed by atoms with Crippen LogP contribution in [0.4, 0.5) is 4.79 Å². The van der Waals surface area contributed by atoms with Crippen molar-refractivity contribution in [1.82, 2.24) is 0 Å². The number of urea groups is 1. The van der Waals surface area contributed by atoms with Crippen LogP contribution in [0.1, 0.15) is 20.8 Å². The van der Waals surface area contributed by atoms with Crippen LogP contribution >= 0.6 is 0 Å². The smallest absolute Gasteiger partial charge is 0.309 e. The zero-order chi connectivity index (χ0) is 9.44. The van der Waals surface area contributed by atoms with Gasteiger partial charge in [0.25, 0.3) is 0 Å². The number of amides is 2. The lowest BCUT2D eigenvalue weighted by Gasteiger charge is -1.98. The molecule has 0 saturated heterocycles. The highest BCUT2D eigenvalue weighted by Crippen LogP contribution is 1.99. The average molecular weight is 160 g/mol. The molecule has 4 heteroatoms. The van der Waals surface area contributed by atoms with Crippen LogP contribution in [0.25, 0.3) is 0 Å². The van der Waals surface area contributed by atoms with Crippen molar-refractivity contribution in [3.8, 4) is 0 Å². The number of carbonyl (C=O) groups is 1. The molecule has 0 heterocycles. The quantitative estimate of drug-likeness (QED) is 0.560. The SMILES string of the molecule is COC(C)=C(C)C.NC(N)=O. The molecule has 0 saturated carbocycles. The molecule has 11 heavy (non-hydrogen) atoms. The maximum Gasteiger partial charge on any atom is 0.309 e. The number of hydrogen-bond donors (Lipinski definition) is 2. The Kier molecular flexibility index (Phi) is 7.86. The predicted molar refractivity (Wildman–Crippen MR) is 44.8 cm³/mol. The number of hydrogen-bond acceptors (Lipinski definition) is 2. The number of methoxy groups -OCH3 is 1. The molecule has 0 fully saturated rings. The summed E-state index contributed by atoms with van der Waals surface area (Å²) in [7, 11) is 1.68. The molecule has 0 radical (unpaired) electrons. The summed E-state index contributed by atoms with van der Waals surface area (Å²) in [6, 6.07) is -0.833.